The third-order valence-corrected chi connectivity index (χ3v) is 6.56. The third kappa shape index (κ3) is 2.57. The number of likely N-dealkylation sites (tertiary alicyclic amines) is 1. The summed E-state index contributed by atoms with van der Waals surface area (Å²) in [4.78, 5) is 19.1. The van der Waals surface area contributed by atoms with Crippen molar-refractivity contribution in [2.75, 3.05) is 19.7 Å². The van der Waals surface area contributed by atoms with Gasteiger partial charge in [0.25, 0.3) is 0 Å². The van der Waals surface area contributed by atoms with Gasteiger partial charge >= 0.3 is 0 Å². The summed E-state index contributed by atoms with van der Waals surface area (Å²) in [6.07, 6.45) is 10.1. The molecule has 3 heterocycles. The molecule has 4 rings (SSSR count). The third-order valence-electron chi connectivity index (χ3n) is 6.56. The number of aryl methyl sites for hydroxylation is 1. The lowest BCUT2D eigenvalue weighted by molar-refractivity contribution is -0.149. The van der Waals surface area contributed by atoms with E-state index in [0.717, 1.165) is 26.1 Å². The van der Waals surface area contributed by atoms with Crippen molar-refractivity contribution < 1.29 is 9.90 Å². The van der Waals surface area contributed by atoms with Crippen LogP contribution < -0.4 is 0 Å². The number of aromatic nitrogens is 2. The summed E-state index contributed by atoms with van der Waals surface area (Å²) in [5.41, 5.74) is 3.14. The van der Waals surface area contributed by atoms with E-state index in [2.05, 4.69) is 4.57 Å². The van der Waals surface area contributed by atoms with Crippen molar-refractivity contribution in [2.24, 2.45) is 11.3 Å². The van der Waals surface area contributed by atoms with Crippen molar-refractivity contribution in [1.82, 2.24) is 14.5 Å². The normalized spacial score (nSPS) is 26.2. The number of carbonyl (C=O) groups is 1. The van der Waals surface area contributed by atoms with Gasteiger partial charge < -0.3 is 14.6 Å². The minimum Gasteiger partial charge on any atom is -0.396 e. The largest absolute Gasteiger partial charge is 0.396 e. The predicted octanol–water partition coefficient (Wildman–Crippen LogP) is 2.33. The monoisotopic (exact) mass is 331 g/mol. The summed E-state index contributed by atoms with van der Waals surface area (Å²) in [5.74, 6) is 0.518. The molecule has 1 unspecified atom stereocenters. The van der Waals surface area contributed by atoms with Crippen LogP contribution in [0.5, 0.6) is 0 Å². The molecule has 0 aromatic carbocycles. The van der Waals surface area contributed by atoms with E-state index < -0.39 is 0 Å². The number of aliphatic hydroxyl groups is 1. The van der Waals surface area contributed by atoms with Gasteiger partial charge in [-0.25, -0.2) is 4.98 Å². The van der Waals surface area contributed by atoms with Crippen molar-refractivity contribution >= 4 is 5.91 Å². The molecule has 1 aromatic heterocycles. The van der Waals surface area contributed by atoms with E-state index in [1.807, 2.05) is 18.2 Å². The van der Waals surface area contributed by atoms with Crippen LogP contribution in [0.3, 0.4) is 0 Å². The highest BCUT2D eigenvalue weighted by Crippen LogP contribution is 2.52. The highest BCUT2D eigenvalue weighted by molar-refractivity contribution is 5.80. The fourth-order valence-corrected chi connectivity index (χ4v) is 5.09. The Hall–Kier alpha value is -1.36. The van der Waals surface area contributed by atoms with Crippen LogP contribution >= 0.6 is 0 Å². The van der Waals surface area contributed by atoms with E-state index in [0.29, 0.717) is 11.3 Å². The molecular formula is C19H29N3O2. The van der Waals surface area contributed by atoms with Gasteiger partial charge in [-0.2, -0.15) is 0 Å². The topological polar surface area (TPSA) is 58.4 Å². The summed E-state index contributed by atoms with van der Waals surface area (Å²) >= 11 is 0. The van der Waals surface area contributed by atoms with Gasteiger partial charge in [-0.15, -0.1) is 0 Å². The number of imidazole rings is 1. The molecule has 0 radical (unpaired) electrons. The van der Waals surface area contributed by atoms with Crippen LogP contribution in [0.4, 0.5) is 0 Å². The standard InChI is InChI=1S/C19H29N3O2/c1-2-14(10-23)18(24)22-11-19(12-22)7-6-15(9-19)17-16-5-3-4-8-21(16)13-20-17/h13-15,23H,2-12H2,1H3/t14-,15?/m1/s1. The van der Waals surface area contributed by atoms with Crippen LogP contribution in [-0.4, -0.2) is 45.2 Å². The molecule has 24 heavy (non-hydrogen) atoms. The molecule has 5 nitrogen and oxygen atoms in total. The van der Waals surface area contributed by atoms with Crippen LogP contribution in [0.1, 0.15) is 62.8 Å². The first-order valence-electron chi connectivity index (χ1n) is 9.59. The Morgan fingerprint density at radius 2 is 2.29 bits per heavy atom. The summed E-state index contributed by atoms with van der Waals surface area (Å²) in [6.45, 7) is 4.84. The molecule has 132 valence electrons. The van der Waals surface area contributed by atoms with E-state index in [1.165, 1.54) is 49.9 Å². The average Bonchev–Trinajstić information content (AvgIpc) is 3.18. The Bertz CT molecular complexity index is 614. The van der Waals surface area contributed by atoms with Crippen LogP contribution in [0.15, 0.2) is 6.33 Å². The number of carbonyl (C=O) groups excluding carboxylic acids is 1. The van der Waals surface area contributed by atoms with Crippen molar-refractivity contribution in [3.05, 3.63) is 17.7 Å². The molecule has 1 saturated carbocycles. The van der Waals surface area contributed by atoms with Gasteiger partial charge in [0, 0.05) is 36.7 Å². The number of fused-ring (bicyclic) bond motifs is 1. The SMILES string of the molecule is CC[C@H](CO)C(=O)N1CC2(CCC(c3ncn4c3CCCC4)C2)C1. The number of nitrogens with zero attached hydrogens (tertiary/aromatic N) is 3. The highest BCUT2D eigenvalue weighted by Gasteiger charge is 2.51. The first-order chi connectivity index (χ1) is 11.7. The molecule has 1 aliphatic carbocycles. The molecular weight excluding hydrogens is 302 g/mol. The van der Waals surface area contributed by atoms with Crippen molar-refractivity contribution in [2.45, 2.75) is 64.3 Å². The Labute approximate surface area is 144 Å². The molecule has 2 atom stereocenters. The minimum atomic E-state index is -0.209. The van der Waals surface area contributed by atoms with Gasteiger partial charge in [0.1, 0.15) is 0 Å². The number of hydrogen-bond acceptors (Lipinski definition) is 3. The molecule has 2 fully saturated rings. The fourth-order valence-electron chi connectivity index (χ4n) is 5.09. The predicted molar refractivity (Wildman–Crippen MR) is 91.6 cm³/mol. The lowest BCUT2D eigenvalue weighted by Gasteiger charge is -2.49. The molecule has 0 bridgehead atoms. The lowest BCUT2D eigenvalue weighted by atomic mass is 9.76. The van der Waals surface area contributed by atoms with Gasteiger partial charge in [0.15, 0.2) is 0 Å². The van der Waals surface area contributed by atoms with E-state index in [9.17, 15) is 9.90 Å². The van der Waals surface area contributed by atoms with E-state index in [-0.39, 0.29) is 18.4 Å². The van der Waals surface area contributed by atoms with Crippen molar-refractivity contribution in [3.63, 3.8) is 0 Å². The van der Waals surface area contributed by atoms with Gasteiger partial charge in [0.05, 0.1) is 24.5 Å². The number of hydrogen-bond donors (Lipinski definition) is 1. The van der Waals surface area contributed by atoms with Gasteiger partial charge in [0.2, 0.25) is 5.91 Å². The van der Waals surface area contributed by atoms with Crippen LogP contribution in [0.2, 0.25) is 0 Å². The minimum absolute atomic E-state index is 0.0255. The molecule has 3 aliphatic rings. The maximum atomic E-state index is 12.4. The quantitative estimate of drug-likeness (QED) is 0.921. The average molecular weight is 331 g/mol. The van der Waals surface area contributed by atoms with E-state index in [4.69, 9.17) is 4.98 Å². The van der Waals surface area contributed by atoms with Gasteiger partial charge in [-0.1, -0.05) is 6.92 Å². The van der Waals surface area contributed by atoms with Crippen molar-refractivity contribution in [1.29, 1.82) is 0 Å². The molecule has 1 aromatic rings. The first-order valence-corrected chi connectivity index (χ1v) is 9.59. The molecule has 1 amide bonds. The van der Waals surface area contributed by atoms with E-state index >= 15 is 0 Å². The van der Waals surface area contributed by atoms with Gasteiger partial charge in [-0.05, 0) is 44.9 Å². The summed E-state index contributed by atoms with van der Waals surface area (Å²) < 4.78 is 2.35. The highest BCUT2D eigenvalue weighted by atomic mass is 16.3. The summed E-state index contributed by atoms with van der Waals surface area (Å²) in [6, 6.07) is 0. The van der Waals surface area contributed by atoms with Crippen LogP contribution in [0.25, 0.3) is 0 Å². The Balaban J connectivity index is 1.40. The zero-order valence-electron chi connectivity index (χ0n) is 14.7. The van der Waals surface area contributed by atoms with Crippen LogP contribution in [-0.2, 0) is 17.8 Å². The lowest BCUT2D eigenvalue weighted by Crippen LogP contribution is -2.58. The smallest absolute Gasteiger partial charge is 0.228 e. The Morgan fingerprint density at radius 3 is 3.04 bits per heavy atom. The maximum Gasteiger partial charge on any atom is 0.228 e. The van der Waals surface area contributed by atoms with Crippen LogP contribution in [0, 0.1) is 11.3 Å². The molecule has 1 spiro atoms. The Morgan fingerprint density at radius 1 is 1.46 bits per heavy atom. The second-order valence-electron chi connectivity index (χ2n) is 8.15. The van der Waals surface area contributed by atoms with Crippen molar-refractivity contribution in [3.8, 4) is 0 Å². The second-order valence-corrected chi connectivity index (χ2v) is 8.15. The van der Waals surface area contributed by atoms with E-state index in [1.54, 1.807) is 0 Å². The zero-order chi connectivity index (χ0) is 16.7. The molecule has 2 aliphatic heterocycles. The molecule has 5 heteroatoms. The first kappa shape index (κ1) is 16.1. The van der Waals surface area contributed by atoms with Gasteiger partial charge in [-0.3, -0.25) is 4.79 Å². The summed E-state index contributed by atoms with van der Waals surface area (Å²) in [5, 5.41) is 9.34. The maximum absolute atomic E-state index is 12.4. The summed E-state index contributed by atoms with van der Waals surface area (Å²) in [7, 11) is 0. The number of amides is 1. The number of aliphatic hydroxyl groups excluding tert-OH is 1. The second kappa shape index (κ2) is 6.17. The molecule has 1 saturated heterocycles. The Kier molecular flexibility index (Phi) is 4.15. The molecule has 1 N–H and O–H groups in total. The fraction of sp³-hybridized carbons (Fsp3) is 0.789. The zero-order valence-corrected chi connectivity index (χ0v) is 14.7. The number of rotatable bonds is 4.